The second-order valence-electron chi connectivity index (χ2n) is 12.0. The van der Waals surface area contributed by atoms with Crippen molar-refractivity contribution in [3.63, 3.8) is 0 Å². The maximum absolute atomic E-state index is 12.2. The van der Waals surface area contributed by atoms with Crippen LogP contribution in [0.4, 0.5) is 15.5 Å². The zero-order valence-corrected chi connectivity index (χ0v) is 26.3. The van der Waals surface area contributed by atoms with Gasteiger partial charge >= 0.3 is 12.3 Å². The molecule has 1 aromatic carbocycles. The average molecular weight is 617 g/mol. The minimum atomic E-state index is -0.870. The van der Waals surface area contributed by atoms with Gasteiger partial charge in [-0.2, -0.15) is 4.98 Å². The standard InChI is InChI=1S/C29H38N5O8S/c1-27(2,3)41-25(35)38-14-19(15-39-26(36)42-28(4,5)6)40-29(12-13-29)16-34-17-31-21-22(34)32-24(30)33-23(21)43-20-10-8-18(37-7)9-11-20/h8-11,17H,12-16H2,1-7H3,(H2,30,32,33). The summed E-state index contributed by atoms with van der Waals surface area (Å²) >= 11 is 1.42. The fourth-order valence-electron chi connectivity index (χ4n) is 3.86. The van der Waals surface area contributed by atoms with Gasteiger partial charge in [0.2, 0.25) is 5.95 Å². The third-order valence-electron chi connectivity index (χ3n) is 5.83. The molecule has 1 saturated carbocycles. The number of methoxy groups -OCH3 is 1. The number of nitrogen functional groups attached to an aromatic ring is 1. The van der Waals surface area contributed by atoms with Crippen molar-refractivity contribution in [2.45, 2.75) is 87.7 Å². The van der Waals surface area contributed by atoms with E-state index in [-0.39, 0.29) is 25.3 Å². The van der Waals surface area contributed by atoms with Crippen molar-refractivity contribution in [2.75, 3.05) is 26.1 Å². The summed E-state index contributed by atoms with van der Waals surface area (Å²) in [4.78, 5) is 38.8. The number of anilines is 1. The molecule has 4 rings (SSSR count). The van der Waals surface area contributed by atoms with Crippen LogP contribution >= 0.6 is 11.8 Å². The molecular formula is C29H38N5O8S. The summed E-state index contributed by atoms with van der Waals surface area (Å²) in [6.07, 6.45) is 1.54. The molecule has 0 atom stereocenters. The summed E-state index contributed by atoms with van der Waals surface area (Å²) < 4.78 is 34.4. The molecule has 43 heavy (non-hydrogen) atoms. The number of nitrogens with two attached hydrogens (primary N) is 1. The number of carbonyl (C=O) groups excluding carboxylic acids is 2. The molecule has 14 heteroatoms. The number of hydrogen-bond acceptors (Lipinski definition) is 13. The number of fused-ring (bicyclic) bond motifs is 1. The Bertz CT molecular complexity index is 1400. The second kappa shape index (κ2) is 12.8. The van der Waals surface area contributed by atoms with Crippen LogP contribution in [0.3, 0.4) is 0 Å². The Morgan fingerprint density at radius 2 is 1.53 bits per heavy atom. The number of imidazole rings is 1. The molecule has 2 aromatic heterocycles. The third kappa shape index (κ3) is 9.61. The van der Waals surface area contributed by atoms with Crippen LogP contribution in [-0.2, 0) is 30.2 Å². The first-order valence-electron chi connectivity index (χ1n) is 13.7. The van der Waals surface area contributed by atoms with Gasteiger partial charge in [0.05, 0.1) is 25.6 Å². The molecule has 0 unspecified atom stereocenters. The SMILES string of the molecule is COc1ccc(Sc2nc(N)nc3c2ncn3CC2(O[C](COC(=O)OC(C)(C)C)COC(=O)OC(C)(C)C)CC2)cc1. The van der Waals surface area contributed by atoms with Crippen LogP contribution < -0.4 is 10.5 Å². The van der Waals surface area contributed by atoms with Crippen molar-refractivity contribution in [1.82, 2.24) is 19.5 Å². The van der Waals surface area contributed by atoms with Gasteiger partial charge in [0.1, 0.15) is 40.7 Å². The van der Waals surface area contributed by atoms with Crippen LogP contribution in [0.1, 0.15) is 54.4 Å². The Kier molecular flexibility index (Phi) is 9.60. The Labute approximate surface area is 254 Å². The van der Waals surface area contributed by atoms with Gasteiger partial charge in [-0.3, -0.25) is 0 Å². The quantitative estimate of drug-likeness (QED) is 0.211. The maximum atomic E-state index is 12.2. The Hall–Kier alpha value is -3.78. The highest BCUT2D eigenvalue weighted by Gasteiger charge is 2.47. The van der Waals surface area contributed by atoms with Crippen LogP contribution in [0.2, 0.25) is 0 Å². The maximum Gasteiger partial charge on any atom is 0.508 e. The van der Waals surface area contributed by atoms with Crippen molar-refractivity contribution in [1.29, 1.82) is 0 Å². The predicted molar refractivity (Wildman–Crippen MR) is 158 cm³/mol. The molecule has 1 aliphatic carbocycles. The summed E-state index contributed by atoms with van der Waals surface area (Å²) in [5.41, 5.74) is 5.09. The summed E-state index contributed by atoms with van der Waals surface area (Å²) in [5.74, 6) is 0.861. The monoisotopic (exact) mass is 616 g/mol. The molecule has 0 aliphatic heterocycles. The summed E-state index contributed by atoms with van der Waals surface area (Å²) in [6, 6.07) is 7.58. The van der Waals surface area contributed by atoms with Crippen molar-refractivity contribution in [3.05, 3.63) is 36.7 Å². The minimum Gasteiger partial charge on any atom is -0.497 e. The fraction of sp³-hybridized carbons (Fsp3) is 0.517. The van der Waals surface area contributed by atoms with Crippen LogP contribution in [0.15, 0.2) is 40.5 Å². The lowest BCUT2D eigenvalue weighted by atomic mass is 10.2. The Morgan fingerprint density at radius 3 is 2.05 bits per heavy atom. The normalized spacial score (nSPS) is 14.4. The Morgan fingerprint density at radius 1 is 0.953 bits per heavy atom. The largest absolute Gasteiger partial charge is 0.508 e. The first-order chi connectivity index (χ1) is 20.1. The second-order valence-corrected chi connectivity index (χ2v) is 13.1. The first kappa shape index (κ1) is 32.1. The zero-order valence-electron chi connectivity index (χ0n) is 25.5. The van der Waals surface area contributed by atoms with Gasteiger partial charge in [0.25, 0.3) is 0 Å². The van der Waals surface area contributed by atoms with Gasteiger partial charge in [-0.25, -0.2) is 19.6 Å². The lowest BCUT2D eigenvalue weighted by Gasteiger charge is -2.25. The number of carbonyl (C=O) groups is 2. The number of hydrogen-bond donors (Lipinski definition) is 1. The summed E-state index contributed by atoms with van der Waals surface area (Å²) in [5, 5.41) is 0.612. The summed E-state index contributed by atoms with van der Waals surface area (Å²) in [6.45, 7) is 10.2. The van der Waals surface area contributed by atoms with Gasteiger partial charge in [-0.1, -0.05) is 11.8 Å². The van der Waals surface area contributed by atoms with E-state index in [0.717, 1.165) is 10.6 Å². The van der Waals surface area contributed by atoms with Crippen molar-refractivity contribution in [3.8, 4) is 5.75 Å². The predicted octanol–water partition coefficient (Wildman–Crippen LogP) is 5.55. The minimum absolute atomic E-state index is 0.111. The molecule has 2 N–H and O–H groups in total. The van der Waals surface area contributed by atoms with E-state index in [1.807, 2.05) is 28.8 Å². The number of ether oxygens (including phenoxy) is 6. The van der Waals surface area contributed by atoms with Gasteiger partial charge in [0, 0.05) is 4.90 Å². The highest BCUT2D eigenvalue weighted by atomic mass is 32.2. The van der Waals surface area contributed by atoms with Crippen molar-refractivity contribution in [2.24, 2.45) is 0 Å². The molecule has 0 spiro atoms. The van der Waals surface area contributed by atoms with E-state index in [0.29, 0.717) is 35.6 Å². The molecular weight excluding hydrogens is 578 g/mol. The average Bonchev–Trinajstić information content (AvgIpc) is 3.54. The van der Waals surface area contributed by atoms with E-state index in [1.165, 1.54) is 11.8 Å². The van der Waals surface area contributed by atoms with E-state index >= 15 is 0 Å². The highest BCUT2D eigenvalue weighted by molar-refractivity contribution is 7.99. The Balaban J connectivity index is 1.48. The van der Waals surface area contributed by atoms with Gasteiger partial charge in [0.15, 0.2) is 11.8 Å². The fourth-order valence-corrected chi connectivity index (χ4v) is 4.74. The molecule has 233 valence electrons. The molecule has 1 aliphatic rings. The molecule has 13 nitrogen and oxygen atoms in total. The van der Waals surface area contributed by atoms with E-state index in [9.17, 15) is 9.59 Å². The van der Waals surface area contributed by atoms with Crippen LogP contribution in [0.5, 0.6) is 5.75 Å². The van der Waals surface area contributed by atoms with E-state index in [2.05, 4.69) is 15.0 Å². The lowest BCUT2D eigenvalue weighted by Crippen LogP contribution is -2.32. The lowest BCUT2D eigenvalue weighted by molar-refractivity contribution is -0.0585. The molecule has 1 fully saturated rings. The molecule has 0 bridgehead atoms. The smallest absolute Gasteiger partial charge is 0.497 e. The van der Waals surface area contributed by atoms with Crippen LogP contribution in [0.25, 0.3) is 11.2 Å². The van der Waals surface area contributed by atoms with Crippen molar-refractivity contribution < 1.29 is 38.0 Å². The first-order valence-corrected chi connectivity index (χ1v) is 14.5. The van der Waals surface area contributed by atoms with Crippen LogP contribution in [0, 0.1) is 6.10 Å². The highest BCUT2D eigenvalue weighted by Crippen LogP contribution is 2.44. The molecule has 0 saturated heterocycles. The molecule has 1 radical (unpaired) electrons. The van der Waals surface area contributed by atoms with E-state index in [4.69, 9.17) is 34.2 Å². The van der Waals surface area contributed by atoms with E-state index < -0.39 is 29.1 Å². The molecule has 3 aromatic rings. The zero-order chi connectivity index (χ0) is 31.4. The number of aromatic nitrogens is 4. The van der Waals surface area contributed by atoms with Crippen LogP contribution in [-0.4, -0.2) is 69.0 Å². The molecule has 2 heterocycles. The van der Waals surface area contributed by atoms with Gasteiger partial charge < -0.3 is 38.7 Å². The molecule has 0 amide bonds. The van der Waals surface area contributed by atoms with Gasteiger partial charge in [-0.05, 0) is 78.6 Å². The van der Waals surface area contributed by atoms with E-state index in [1.54, 1.807) is 55.0 Å². The van der Waals surface area contributed by atoms with Gasteiger partial charge in [-0.15, -0.1) is 0 Å². The third-order valence-corrected chi connectivity index (χ3v) is 6.82. The van der Waals surface area contributed by atoms with Crippen molar-refractivity contribution >= 4 is 41.2 Å². The number of rotatable bonds is 11. The summed E-state index contributed by atoms with van der Waals surface area (Å²) in [7, 11) is 1.61. The number of benzene rings is 1. The topological polar surface area (TPSA) is 159 Å². The number of nitrogens with zero attached hydrogens (tertiary/aromatic N) is 4.